The first-order valence-corrected chi connectivity index (χ1v) is 8.11. The number of aromatic nitrogens is 5. The molecule has 0 fully saturated rings. The molecule has 2 heterocycles. The van der Waals surface area contributed by atoms with Crippen molar-refractivity contribution in [3.8, 4) is 0 Å². The van der Waals surface area contributed by atoms with Crippen LogP contribution in [0.3, 0.4) is 0 Å². The lowest BCUT2D eigenvalue weighted by Crippen LogP contribution is -2.15. The van der Waals surface area contributed by atoms with Crippen LogP contribution in [0.4, 0.5) is 5.95 Å². The van der Waals surface area contributed by atoms with E-state index in [4.69, 9.17) is 11.6 Å². The van der Waals surface area contributed by atoms with E-state index in [1.807, 2.05) is 24.3 Å². The zero-order chi connectivity index (χ0) is 16.4. The normalized spacial score (nSPS) is 10.7. The summed E-state index contributed by atoms with van der Waals surface area (Å²) in [5.41, 5.74) is 1.39. The van der Waals surface area contributed by atoms with Crippen molar-refractivity contribution in [3.63, 3.8) is 0 Å². The first kappa shape index (κ1) is 15.9. The number of aryl methyl sites for hydroxylation is 1. The second kappa shape index (κ2) is 6.67. The number of hydrogen-bond acceptors (Lipinski definition) is 4. The highest BCUT2D eigenvalue weighted by atomic mass is 127. The maximum absolute atomic E-state index is 12.2. The van der Waals surface area contributed by atoms with Gasteiger partial charge in [0.25, 0.3) is 5.91 Å². The van der Waals surface area contributed by atoms with E-state index in [0.717, 1.165) is 9.13 Å². The summed E-state index contributed by atoms with van der Waals surface area (Å²) in [5.74, 6) is -0.0929. The Hall–Kier alpha value is -1.94. The topological polar surface area (TPSA) is 77.6 Å². The Morgan fingerprint density at radius 1 is 1.30 bits per heavy atom. The van der Waals surface area contributed by atoms with E-state index in [2.05, 4.69) is 43.1 Å². The van der Waals surface area contributed by atoms with Gasteiger partial charge in [-0.15, -0.1) is 5.10 Å². The predicted octanol–water partition coefficient (Wildman–Crippen LogP) is 2.57. The number of amides is 1. The average Bonchev–Trinajstić information content (AvgIpc) is 3.07. The number of anilines is 1. The molecule has 0 unspecified atom stereocenters. The molecule has 0 aliphatic heterocycles. The van der Waals surface area contributed by atoms with Gasteiger partial charge in [-0.2, -0.15) is 5.10 Å². The van der Waals surface area contributed by atoms with Crippen molar-refractivity contribution in [3.05, 3.63) is 56.6 Å². The van der Waals surface area contributed by atoms with Crippen LogP contribution in [0.2, 0.25) is 5.02 Å². The maximum atomic E-state index is 12.2. The van der Waals surface area contributed by atoms with Crippen molar-refractivity contribution in [2.75, 3.05) is 5.32 Å². The van der Waals surface area contributed by atoms with Crippen LogP contribution in [-0.2, 0) is 13.6 Å². The molecule has 0 saturated heterocycles. The van der Waals surface area contributed by atoms with E-state index in [9.17, 15) is 4.79 Å². The smallest absolute Gasteiger partial charge is 0.279 e. The second-order valence-electron chi connectivity index (χ2n) is 4.85. The van der Waals surface area contributed by atoms with Crippen LogP contribution in [-0.4, -0.2) is 30.5 Å². The second-order valence-corrected chi connectivity index (χ2v) is 6.44. The third kappa shape index (κ3) is 3.88. The Balaban J connectivity index is 1.68. The molecule has 0 aliphatic rings. The van der Waals surface area contributed by atoms with Crippen LogP contribution in [0.1, 0.15) is 16.1 Å². The van der Waals surface area contributed by atoms with E-state index in [0.29, 0.717) is 17.3 Å². The summed E-state index contributed by atoms with van der Waals surface area (Å²) in [6.45, 7) is 0.543. The molecule has 2 aromatic heterocycles. The molecule has 0 spiro atoms. The van der Waals surface area contributed by atoms with Crippen molar-refractivity contribution < 1.29 is 4.79 Å². The standard InChI is InChI=1S/C14H12ClIN6O/c1-21-7-11(16)12(19-21)13(23)18-14-17-8-22(20-14)6-9-2-4-10(15)5-3-9/h2-5,7-8H,6H2,1H3,(H,18,20,23). The lowest BCUT2D eigenvalue weighted by molar-refractivity contribution is 0.102. The Morgan fingerprint density at radius 2 is 2.04 bits per heavy atom. The van der Waals surface area contributed by atoms with E-state index < -0.39 is 0 Å². The van der Waals surface area contributed by atoms with Gasteiger partial charge < -0.3 is 0 Å². The number of halogens is 2. The van der Waals surface area contributed by atoms with Crippen molar-refractivity contribution in [1.29, 1.82) is 0 Å². The first-order valence-electron chi connectivity index (χ1n) is 6.65. The number of nitrogens with zero attached hydrogens (tertiary/aromatic N) is 5. The summed E-state index contributed by atoms with van der Waals surface area (Å²) >= 11 is 7.92. The van der Waals surface area contributed by atoms with Crippen LogP contribution in [0.15, 0.2) is 36.8 Å². The molecule has 3 rings (SSSR count). The monoisotopic (exact) mass is 442 g/mol. The number of nitrogens with one attached hydrogen (secondary N) is 1. The number of benzene rings is 1. The number of carbonyl (C=O) groups excluding carboxylic acids is 1. The van der Waals surface area contributed by atoms with Gasteiger partial charge in [0.15, 0.2) is 5.69 Å². The van der Waals surface area contributed by atoms with E-state index in [1.165, 1.54) is 0 Å². The third-order valence-corrected chi connectivity index (χ3v) is 4.06. The van der Waals surface area contributed by atoms with Crippen LogP contribution in [0.5, 0.6) is 0 Å². The van der Waals surface area contributed by atoms with Crippen molar-refractivity contribution in [1.82, 2.24) is 24.5 Å². The molecule has 0 aliphatic carbocycles. The van der Waals surface area contributed by atoms with Gasteiger partial charge in [0.2, 0.25) is 5.95 Å². The van der Waals surface area contributed by atoms with Crippen molar-refractivity contribution in [2.45, 2.75) is 6.54 Å². The molecule has 0 saturated carbocycles. The predicted molar refractivity (Wildman–Crippen MR) is 94.5 cm³/mol. The van der Waals surface area contributed by atoms with Crippen LogP contribution < -0.4 is 5.32 Å². The fourth-order valence-electron chi connectivity index (χ4n) is 1.98. The molecule has 7 nitrogen and oxygen atoms in total. The van der Waals surface area contributed by atoms with E-state index in [1.54, 1.807) is 28.9 Å². The van der Waals surface area contributed by atoms with Gasteiger partial charge in [0.1, 0.15) is 6.33 Å². The molecular weight excluding hydrogens is 431 g/mol. The Labute approximate surface area is 150 Å². The molecule has 23 heavy (non-hydrogen) atoms. The van der Waals surface area contributed by atoms with Gasteiger partial charge in [0, 0.05) is 18.3 Å². The molecule has 0 radical (unpaired) electrons. The molecule has 1 N–H and O–H groups in total. The summed E-state index contributed by atoms with van der Waals surface area (Å²) in [5, 5.41) is 11.7. The third-order valence-electron chi connectivity index (χ3n) is 3.02. The van der Waals surface area contributed by atoms with Crippen molar-refractivity contribution in [2.24, 2.45) is 7.05 Å². The Bertz CT molecular complexity index is 841. The van der Waals surface area contributed by atoms with Crippen LogP contribution in [0, 0.1) is 3.57 Å². The highest BCUT2D eigenvalue weighted by Crippen LogP contribution is 2.12. The quantitative estimate of drug-likeness (QED) is 0.630. The largest absolute Gasteiger partial charge is 0.288 e. The summed E-state index contributed by atoms with van der Waals surface area (Å²) in [4.78, 5) is 16.2. The van der Waals surface area contributed by atoms with E-state index in [-0.39, 0.29) is 11.9 Å². The molecule has 9 heteroatoms. The zero-order valence-electron chi connectivity index (χ0n) is 12.1. The van der Waals surface area contributed by atoms with Crippen LogP contribution in [0.25, 0.3) is 0 Å². The Morgan fingerprint density at radius 3 is 2.70 bits per heavy atom. The maximum Gasteiger partial charge on any atom is 0.279 e. The number of hydrogen-bond donors (Lipinski definition) is 1. The van der Waals surface area contributed by atoms with Crippen molar-refractivity contribution >= 4 is 46.0 Å². The molecular formula is C14H12ClIN6O. The minimum absolute atomic E-state index is 0.241. The summed E-state index contributed by atoms with van der Waals surface area (Å²) in [6, 6.07) is 7.47. The highest BCUT2D eigenvalue weighted by Gasteiger charge is 2.16. The highest BCUT2D eigenvalue weighted by molar-refractivity contribution is 14.1. The average molecular weight is 443 g/mol. The summed E-state index contributed by atoms with van der Waals surface area (Å²) < 4.78 is 3.99. The Kier molecular flexibility index (Phi) is 4.62. The van der Waals surface area contributed by atoms with Crippen LogP contribution >= 0.6 is 34.2 Å². The van der Waals surface area contributed by atoms with Gasteiger partial charge in [-0.05, 0) is 40.3 Å². The van der Waals surface area contributed by atoms with Gasteiger partial charge in [-0.25, -0.2) is 9.67 Å². The molecule has 1 aromatic carbocycles. The molecule has 118 valence electrons. The lowest BCUT2D eigenvalue weighted by Gasteiger charge is -2.01. The number of rotatable bonds is 4. The minimum atomic E-state index is -0.334. The van der Waals surface area contributed by atoms with Gasteiger partial charge >= 0.3 is 0 Å². The molecule has 0 bridgehead atoms. The molecule has 3 aromatic rings. The zero-order valence-corrected chi connectivity index (χ0v) is 15.0. The van der Waals surface area contributed by atoms with Gasteiger partial charge in [0.05, 0.1) is 10.1 Å². The van der Waals surface area contributed by atoms with E-state index >= 15 is 0 Å². The molecule has 1 amide bonds. The lowest BCUT2D eigenvalue weighted by atomic mass is 10.2. The fraction of sp³-hybridized carbons (Fsp3) is 0.143. The summed E-state index contributed by atoms with van der Waals surface area (Å²) in [7, 11) is 1.76. The van der Waals surface area contributed by atoms with Gasteiger partial charge in [-0.1, -0.05) is 23.7 Å². The minimum Gasteiger partial charge on any atom is -0.288 e. The number of carbonyl (C=O) groups is 1. The first-order chi connectivity index (χ1) is 11.0. The van der Waals surface area contributed by atoms with Gasteiger partial charge in [-0.3, -0.25) is 14.8 Å². The fourth-order valence-corrected chi connectivity index (χ4v) is 2.86. The molecule has 0 atom stereocenters. The summed E-state index contributed by atoms with van der Waals surface area (Å²) in [6.07, 6.45) is 3.33. The SMILES string of the molecule is Cn1cc(I)c(C(=O)Nc2ncn(Cc3ccc(Cl)cc3)n2)n1.